The van der Waals surface area contributed by atoms with E-state index in [1.807, 2.05) is 0 Å². The van der Waals surface area contributed by atoms with E-state index in [9.17, 15) is 20.1 Å². The fraction of sp³-hybridized carbons (Fsp3) is 0.875. The molecule has 94 valence electrons. The Bertz CT molecular complexity index is 273. The van der Waals surface area contributed by atoms with Gasteiger partial charge in [0.25, 0.3) is 0 Å². The third-order valence-corrected chi connectivity index (χ3v) is 2.51. The molecule has 1 fully saturated rings. The van der Waals surface area contributed by atoms with Crippen LogP contribution in [0.5, 0.6) is 0 Å². The van der Waals surface area contributed by atoms with E-state index in [1.165, 1.54) is 0 Å². The molecule has 1 aliphatic heterocycles. The van der Waals surface area contributed by atoms with Crippen LogP contribution in [0.2, 0.25) is 0 Å². The van der Waals surface area contributed by atoms with Crippen LogP contribution in [0.1, 0.15) is 6.42 Å². The zero-order chi connectivity index (χ0) is 12.5. The van der Waals surface area contributed by atoms with Gasteiger partial charge in [-0.3, -0.25) is 4.79 Å². The third-order valence-electron chi connectivity index (χ3n) is 2.51. The van der Waals surface area contributed by atoms with E-state index >= 15 is 0 Å². The molecule has 1 saturated heterocycles. The SMILES string of the molecule is N[C@]1(CC(=O)O)O[C@@H](C(O)CO)C(O)C1O. The molecule has 0 amide bonds. The Kier molecular flexibility index (Phi) is 3.84. The van der Waals surface area contributed by atoms with Crippen molar-refractivity contribution in [1.29, 1.82) is 0 Å². The fourth-order valence-corrected chi connectivity index (χ4v) is 1.65. The minimum Gasteiger partial charge on any atom is -0.481 e. The van der Waals surface area contributed by atoms with Gasteiger partial charge < -0.3 is 36.0 Å². The van der Waals surface area contributed by atoms with Crippen molar-refractivity contribution in [2.75, 3.05) is 6.61 Å². The highest BCUT2D eigenvalue weighted by Crippen LogP contribution is 2.31. The molecule has 1 aliphatic rings. The van der Waals surface area contributed by atoms with Gasteiger partial charge in [-0.25, -0.2) is 0 Å². The summed E-state index contributed by atoms with van der Waals surface area (Å²) in [6.45, 7) is -0.697. The minimum absolute atomic E-state index is 0.697. The largest absolute Gasteiger partial charge is 0.481 e. The summed E-state index contributed by atoms with van der Waals surface area (Å²) in [6, 6.07) is 0. The zero-order valence-corrected chi connectivity index (χ0v) is 8.35. The smallest absolute Gasteiger partial charge is 0.307 e. The topological polar surface area (TPSA) is 153 Å². The highest BCUT2D eigenvalue weighted by Gasteiger charge is 2.54. The van der Waals surface area contributed by atoms with E-state index in [4.69, 9.17) is 20.7 Å². The monoisotopic (exact) mass is 237 g/mol. The van der Waals surface area contributed by atoms with Crippen LogP contribution in [0.3, 0.4) is 0 Å². The molecule has 1 rings (SSSR count). The highest BCUT2D eigenvalue weighted by molar-refractivity contribution is 5.68. The summed E-state index contributed by atoms with van der Waals surface area (Å²) in [4.78, 5) is 10.5. The van der Waals surface area contributed by atoms with Crippen molar-refractivity contribution in [3.8, 4) is 0 Å². The van der Waals surface area contributed by atoms with Crippen molar-refractivity contribution in [2.45, 2.75) is 36.6 Å². The second-order valence-electron chi connectivity index (χ2n) is 3.79. The molecule has 0 aromatic heterocycles. The molecule has 0 bridgehead atoms. The van der Waals surface area contributed by atoms with E-state index in [-0.39, 0.29) is 0 Å². The molecule has 0 spiro atoms. The summed E-state index contributed by atoms with van der Waals surface area (Å²) in [6.07, 6.45) is -6.67. The second-order valence-corrected chi connectivity index (χ2v) is 3.79. The number of carbonyl (C=O) groups is 1. The Balaban J connectivity index is 2.81. The fourth-order valence-electron chi connectivity index (χ4n) is 1.65. The molecule has 3 unspecified atom stereocenters. The van der Waals surface area contributed by atoms with E-state index in [0.717, 1.165) is 0 Å². The van der Waals surface area contributed by atoms with Gasteiger partial charge in [0.15, 0.2) is 5.72 Å². The van der Waals surface area contributed by atoms with Crippen molar-refractivity contribution in [3.05, 3.63) is 0 Å². The average molecular weight is 237 g/mol. The van der Waals surface area contributed by atoms with Gasteiger partial charge in [-0.1, -0.05) is 0 Å². The lowest BCUT2D eigenvalue weighted by atomic mass is 9.99. The maximum Gasteiger partial charge on any atom is 0.307 e. The molecule has 0 aliphatic carbocycles. The van der Waals surface area contributed by atoms with Crippen molar-refractivity contribution in [3.63, 3.8) is 0 Å². The number of carboxylic acid groups (broad SMARTS) is 1. The van der Waals surface area contributed by atoms with Crippen LogP contribution in [0.15, 0.2) is 0 Å². The molecule has 0 aromatic rings. The predicted octanol–water partition coefficient (Wildman–Crippen LogP) is -3.41. The standard InChI is InChI=1S/C8H15NO7/c9-8(1-4(12)13)7(15)5(14)6(16-8)3(11)2-10/h3,5-7,10-11,14-15H,1-2,9H2,(H,12,13)/t3?,5?,6-,7?,8+/m0/s1. The van der Waals surface area contributed by atoms with Gasteiger partial charge >= 0.3 is 5.97 Å². The molecule has 16 heavy (non-hydrogen) atoms. The molecule has 8 heteroatoms. The molecule has 7 N–H and O–H groups in total. The number of aliphatic hydroxyl groups is 4. The van der Waals surface area contributed by atoms with Gasteiger partial charge in [0.2, 0.25) is 0 Å². The van der Waals surface area contributed by atoms with Gasteiger partial charge in [0.05, 0.1) is 13.0 Å². The van der Waals surface area contributed by atoms with Crippen molar-refractivity contribution >= 4 is 5.97 Å². The van der Waals surface area contributed by atoms with Crippen LogP contribution in [-0.2, 0) is 9.53 Å². The highest BCUT2D eigenvalue weighted by atomic mass is 16.6. The third kappa shape index (κ3) is 2.32. The molecule has 0 saturated carbocycles. The lowest BCUT2D eigenvalue weighted by Crippen LogP contribution is -2.52. The van der Waals surface area contributed by atoms with Crippen molar-refractivity contribution in [2.24, 2.45) is 5.73 Å². The van der Waals surface area contributed by atoms with Gasteiger partial charge in [-0.2, -0.15) is 0 Å². The predicted molar refractivity (Wildman–Crippen MR) is 49.2 cm³/mol. The maximum atomic E-state index is 10.5. The molecular formula is C8H15NO7. The first-order valence-electron chi connectivity index (χ1n) is 4.65. The Morgan fingerprint density at radius 3 is 2.50 bits per heavy atom. The molecule has 0 aromatic carbocycles. The Hall–Kier alpha value is -0.770. The van der Waals surface area contributed by atoms with E-state index in [0.29, 0.717) is 0 Å². The van der Waals surface area contributed by atoms with Crippen molar-refractivity contribution in [1.82, 2.24) is 0 Å². The number of ether oxygens (including phenoxy) is 1. The van der Waals surface area contributed by atoms with E-state index in [1.54, 1.807) is 0 Å². The molecule has 1 heterocycles. The Morgan fingerprint density at radius 2 is 2.06 bits per heavy atom. The van der Waals surface area contributed by atoms with Crippen LogP contribution >= 0.6 is 0 Å². The van der Waals surface area contributed by atoms with Gasteiger partial charge in [0.1, 0.15) is 24.4 Å². The summed E-state index contributed by atoms with van der Waals surface area (Å²) in [5.41, 5.74) is 3.50. The summed E-state index contributed by atoms with van der Waals surface area (Å²) in [5.74, 6) is -1.31. The second kappa shape index (κ2) is 4.62. The van der Waals surface area contributed by atoms with E-state index < -0.39 is 49.1 Å². The Morgan fingerprint density at radius 1 is 1.50 bits per heavy atom. The Labute approximate surface area is 90.9 Å². The number of hydrogen-bond acceptors (Lipinski definition) is 7. The lowest BCUT2D eigenvalue weighted by molar-refractivity contribution is -0.155. The molecule has 8 nitrogen and oxygen atoms in total. The van der Waals surface area contributed by atoms with Crippen LogP contribution in [0.25, 0.3) is 0 Å². The number of carboxylic acids is 1. The van der Waals surface area contributed by atoms with E-state index in [2.05, 4.69) is 0 Å². The zero-order valence-electron chi connectivity index (χ0n) is 8.35. The van der Waals surface area contributed by atoms with Gasteiger partial charge in [-0.05, 0) is 0 Å². The molecular weight excluding hydrogens is 222 g/mol. The summed E-state index contributed by atoms with van der Waals surface area (Å²) in [5, 5.41) is 45.5. The van der Waals surface area contributed by atoms with Crippen LogP contribution in [0.4, 0.5) is 0 Å². The molecule has 0 radical (unpaired) electrons. The average Bonchev–Trinajstić information content (AvgIpc) is 2.41. The first-order chi connectivity index (χ1) is 7.31. The summed E-state index contributed by atoms with van der Waals surface area (Å²) < 4.78 is 4.92. The van der Waals surface area contributed by atoms with Gasteiger partial charge in [-0.15, -0.1) is 0 Å². The normalized spacial score (nSPS) is 40.9. The lowest BCUT2D eigenvalue weighted by Gasteiger charge is -2.25. The molecule has 5 atom stereocenters. The first-order valence-corrected chi connectivity index (χ1v) is 4.65. The number of nitrogens with two attached hydrogens (primary N) is 1. The van der Waals surface area contributed by atoms with Crippen LogP contribution in [-0.4, -0.2) is 68.2 Å². The van der Waals surface area contributed by atoms with Crippen molar-refractivity contribution < 1.29 is 35.1 Å². The van der Waals surface area contributed by atoms with Crippen LogP contribution in [0, 0.1) is 0 Å². The minimum atomic E-state index is -1.97. The number of hydrogen-bond donors (Lipinski definition) is 6. The summed E-state index contributed by atoms with van der Waals surface area (Å²) >= 11 is 0. The van der Waals surface area contributed by atoms with Crippen LogP contribution < -0.4 is 5.73 Å². The maximum absolute atomic E-state index is 10.5. The quantitative estimate of drug-likeness (QED) is 0.295. The number of aliphatic hydroxyl groups excluding tert-OH is 4. The summed E-state index contributed by atoms with van der Waals surface area (Å²) in [7, 11) is 0. The van der Waals surface area contributed by atoms with Gasteiger partial charge in [0, 0.05) is 0 Å². The first kappa shape index (κ1) is 13.3. The number of aliphatic carboxylic acids is 1. The number of rotatable bonds is 4.